The monoisotopic (exact) mass is 200 g/mol. The maximum absolute atomic E-state index is 5.49. The molecule has 0 saturated heterocycles. The molecular formula is C8H9ClN2S. The van der Waals surface area contributed by atoms with Gasteiger partial charge >= 0.3 is 0 Å². The minimum atomic E-state index is 0. The van der Waals surface area contributed by atoms with E-state index < -0.39 is 0 Å². The fraction of sp³-hybridized carbons (Fsp3) is 0.125. The molecule has 0 aliphatic rings. The van der Waals surface area contributed by atoms with Gasteiger partial charge in [-0.05, 0) is 17.7 Å². The Labute approximate surface area is 80.8 Å². The second kappa shape index (κ2) is 3.85. The summed E-state index contributed by atoms with van der Waals surface area (Å²) in [4.78, 5) is 4.17. The SMILES string of the molecule is Cl.NCc1ccc2ncsc2c1. The fourth-order valence-electron chi connectivity index (χ4n) is 1.03. The minimum absolute atomic E-state index is 0. The van der Waals surface area contributed by atoms with Crippen LogP contribution >= 0.6 is 23.7 Å². The largest absolute Gasteiger partial charge is 0.326 e. The molecule has 64 valence electrons. The maximum atomic E-state index is 5.49. The van der Waals surface area contributed by atoms with Crippen LogP contribution in [0.1, 0.15) is 5.56 Å². The highest BCUT2D eigenvalue weighted by Crippen LogP contribution is 2.18. The molecule has 0 unspecified atom stereocenters. The van der Waals surface area contributed by atoms with Crippen LogP contribution in [-0.2, 0) is 6.54 Å². The summed E-state index contributed by atoms with van der Waals surface area (Å²) in [5.41, 5.74) is 9.58. The molecule has 12 heavy (non-hydrogen) atoms. The lowest BCUT2D eigenvalue weighted by molar-refractivity contribution is 1.08. The van der Waals surface area contributed by atoms with Gasteiger partial charge in [0, 0.05) is 6.54 Å². The number of rotatable bonds is 1. The Kier molecular flexibility index (Phi) is 3.03. The van der Waals surface area contributed by atoms with Crippen molar-refractivity contribution in [2.75, 3.05) is 0 Å². The highest BCUT2D eigenvalue weighted by atomic mass is 35.5. The van der Waals surface area contributed by atoms with Gasteiger partial charge in [-0.1, -0.05) is 6.07 Å². The van der Waals surface area contributed by atoms with E-state index in [0.717, 1.165) is 5.52 Å². The van der Waals surface area contributed by atoms with Crippen molar-refractivity contribution >= 4 is 34.0 Å². The third-order valence-corrected chi connectivity index (χ3v) is 2.42. The zero-order valence-electron chi connectivity index (χ0n) is 6.36. The van der Waals surface area contributed by atoms with E-state index in [2.05, 4.69) is 11.1 Å². The fourth-order valence-corrected chi connectivity index (χ4v) is 1.77. The molecule has 0 bridgehead atoms. The number of thiazole rings is 1. The number of halogens is 1. The Hall–Kier alpha value is -0.640. The molecule has 4 heteroatoms. The van der Waals surface area contributed by atoms with E-state index >= 15 is 0 Å². The van der Waals surface area contributed by atoms with E-state index in [1.165, 1.54) is 10.3 Å². The van der Waals surface area contributed by atoms with E-state index in [1.807, 2.05) is 17.6 Å². The highest BCUT2D eigenvalue weighted by Gasteiger charge is 1.95. The average Bonchev–Trinajstić information content (AvgIpc) is 2.50. The van der Waals surface area contributed by atoms with Gasteiger partial charge in [0.05, 0.1) is 15.7 Å². The summed E-state index contributed by atoms with van der Waals surface area (Å²) in [6, 6.07) is 6.11. The Morgan fingerprint density at radius 1 is 1.42 bits per heavy atom. The van der Waals surface area contributed by atoms with Crippen molar-refractivity contribution in [1.29, 1.82) is 0 Å². The summed E-state index contributed by atoms with van der Waals surface area (Å²) in [6.45, 7) is 0.605. The van der Waals surface area contributed by atoms with Gasteiger partial charge in [-0.15, -0.1) is 23.7 Å². The molecule has 1 aromatic heterocycles. The molecule has 0 aliphatic heterocycles. The van der Waals surface area contributed by atoms with E-state index in [1.54, 1.807) is 11.3 Å². The van der Waals surface area contributed by atoms with Gasteiger partial charge in [-0.2, -0.15) is 0 Å². The third kappa shape index (κ3) is 1.58. The number of nitrogens with zero attached hydrogens (tertiary/aromatic N) is 1. The molecule has 2 N–H and O–H groups in total. The van der Waals surface area contributed by atoms with Crippen molar-refractivity contribution in [3.63, 3.8) is 0 Å². The van der Waals surface area contributed by atoms with Crippen LogP contribution in [0.2, 0.25) is 0 Å². The molecule has 0 aliphatic carbocycles. The number of benzene rings is 1. The summed E-state index contributed by atoms with van der Waals surface area (Å²) < 4.78 is 1.22. The van der Waals surface area contributed by atoms with Crippen molar-refractivity contribution in [2.24, 2.45) is 5.73 Å². The summed E-state index contributed by atoms with van der Waals surface area (Å²) >= 11 is 1.65. The number of hydrogen-bond acceptors (Lipinski definition) is 3. The van der Waals surface area contributed by atoms with E-state index in [9.17, 15) is 0 Å². The highest BCUT2D eigenvalue weighted by molar-refractivity contribution is 7.16. The van der Waals surface area contributed by atoms with Crippen molar-refractivity contribution in [1.82, 2.24) is 4.98 Å². The third-order valence-electron chi connectivity index (χ3n) is 1.63. The summed E-state index contributed by atoms with van der Waals surface area (Å²) in [5.74, 6) is 0. The molecule has 0 saturated carbocycles. The normalized spacial score (nSPS) is 9.75. The first kappa shape index (κ1) is 9.45. The molecule has 0 atom stereocenters. The topological polar surface area (TPSA) is 38.9 Å². The molecule has 1 aromatic carbocycles. The van der Waals surface area contributed by atoms with E-state index in [4.69, 9.17) is 5.73 Å². The summed E-state index contributed by atoms with van der Waals surface area (Å²) in [5, 5.41) is 0. The van der Waals surface area contributed by atoms with E-state index in [0.29, 0.717) is 6.54 Å². The standard InChI is InChI=1S/C8H8N2S.ClH/c9-4-6-1-2-7-8(3-6)11-5-10-7;/h1-3,5H,4,9H2;1H. The van der Waals surface area contributed by atoms with Gasteiger partial charge in [0.1, 0.15) is 0 Å². The van der Waals surface area contributed by atoms with Gasteiger partial charge < -0.3 is 5.73 Å². The molecule has 2 rings (SSSR count). The van der Waals surface area contributed by atoms with Gasteiger partial charge in [0.15, 0.2) is 0 Å². The van der Waals surface area contributed by atoms with Gasteiger partial charge in [0.2, 0.25) is 0 Å². The first-order chi connectivity index (χ1) is 5.40. The Morgan fingerprint density at radius 2 is 2.25 bits per heavy atom. The van der Waals surface area contributed by atoms with Crippen molar-refractivity contribution in [3.05, 3.63) is 29.3 Å². The summed E-state index contributed by atoms with van der Waals surface area (Å²) in [6.07, 6.45) is 0. The molecular weight excluding hydrogens is 192 g/mol. The predicted molar refractivity (Wildman–Crippen MR) is 54.8 cm³/mol. The van der Waals surface area contributed by atoms with Crippen LogP contribution in [0.15, 0.2) is 23.7 Å². The van der Waals surface area contributed by atoms with Gasteiger partial charge in [-0.3, -0.25) is 0 Å². The van der Waals surface area contributed by atoms with Crippen LogP contribution in [-0.4, -0.2) is 4.98 Å². The zero-order valence-corrected chi connectivity index (χ0v) is 7.99. The maximum Gasteiger partial charge on any atom is 0.0812 e. The molecule has 0 amide bonds. The lowest BCUT2D eigenvalue weighted by Crippen LogP contribution is -1.94. The first-order valence-corrected chi connectivity index (χ1v) is 4.30. The van der Waals surface area contributed by atoms with Crippen LogP contribution in [0.25, 0.3) is 10.2 Å². The molecule has 0 radical (unpaired) electrons. The first-order valence-electron chi connectivity index (χ1n) is 3.42. The number of fused-ring (bicyclic) bond motifs is 1. The number of hydrogen-bond donors (Lipinski definition) is 1. The molecule has 1 heterocycles. The lowest BCUT2D eigenvalue weighted by Gasteiger charge is -1.93. The van der Waals surface area contributed by atoms with Crippen LogP contribution in [0.4, 0.5) is 0 Å². The molecule has 2 aromatic rings. The van der Waals surface area contributed by atoms with Crippen molar-refractivity contribution in [2.45, 2.75) is 6.54 Å². The van der Waals surface area contributed by atoms with Crippen molar-refractivity contribution in [3.8, 4) is 0 Å². The second-order valence-corrected chi connectivity index (χ2v) is 3.24. The van der Waals surface area contributed by atoms with Crippen LogP contribution in [0.5, 0.6) is 0 Å². The molecule has 0 spiro atoms. The molecule has 2 nitrogen and oxygen atoms in total. The summed E-state index contributed by atoms with van der Waals surface area (Å²) in [7, 11) is 0. The Balaban J connectivity index is 0.000000720. The predicted octanol–water partition coefficient (Wildman–Crippen LogP) is 2.18. The second-order valence-electron chi connectivity index (χ2n) is 2.36. The minimum Gasteiger partial charge on any atom is -0.326 e. The van der Waals surface area contributed by atoms with Crippen LogP contribution in [0, 0.1) is 0 Å². The number of nitrogens with two attached hydrogens (primary N) is 1. The Bertz CT molecular complexity index is 372. The van der Waals surface area contributed by atoms with Crippen LogP contribution in [0.3, 0.4) is 0 Å². The molecule has 0 fully saturated rings. The zero-order chi connectivity index (χ0) is 7.68. The van der Waals surface area contributed by atoms with Gasteiger partial charge in [0.25, 0.3) is 0 Å². The van der Waals surface area contributed by atoms with Crippen LogP contribution < -0.4 is 5.73 Å². The quantitative estimate of drug-likeness (QED) is 0.767. The van der Waals surface area contributed by atoms with E-state index in [-0.39, 0.29) is 12.4 Å². The lowest BCUT2D eigenvalue weighted by atomic mass is 10.2. The smallest absolute Gasteiger partial charge is 0.0812 e. The average molecular weight is 201 g/mol. The van der Waals surface area contributed by atoms with Gasteiger partial charge in [-0.25, -0.2) is 4.98 Å². The number of aromatic nitrogens is 1. The Morgan fingerprint density at radius 3 is 3.00 bits per heavy atom. The van der Waals surface area contributed by atoms with Crippen molar-refractivity contribution < 1.29 is 0 Å².